The van der Waals surface area contributed by atoms with E-state index in [1.54, 1.807) is 30.3 Å². The molecule has 0 saturated carbocycles. The van der Waals surface area contributed by atoms with Crippen molar-refractivity contribution in [2.24, 2.45) is 0 Å². The second-order valence-electron chi connectivity index (χ2n) is 3.63. The summed E-state index contributed by atoms with van der Waals surface area (Å²) in [5, 5.41) is 10.8. The lowest BCUT2D eigenvalue weighted by Gasteiger charge is -2.06. The molecule has 92 valence electrons. The maximum absolute atomic E-state index is 10.8. The van der Waals surface area contributed by atoms with Gasteiger partial charge in [-0.3, -0.25) is 10.1 Å². The van der Waals surface area contributed by atoms with Gasteiger partial charge in [-0.25, -0.2) is 0 Å². The summed E-state index contributed by atoms with van der Waals surface area (Å²) in [4.78, 5) is 10.4. The Labute approximate surface area is 112 Å². The van der Waals surface area contributed by atoms with E-state index < -0.39 is 4.92 Å². The molecular formula is C13H10BrNO3. The van der Waals surface area contributed by atoms with Crippen molar-refractivity contribution in [2.45, 2.75) is 6.61 Å². The predicted octanol–water partition coefficient (Wildman–Crippen LogP) is 3.94. The maximum atomic E-state index is 10.8. The van der Waals surface area contributed by atoms with Crippen LogP contribution in [0.25, 0.3) is 0 Å². The second-order valence-corrected chi connectivity index (χ2v) is 4.54. The molecule has 0 bridgehead atoms. The average molecular weight is 308 g/mol. The molecule has 5 heteroatoms. The Kier molecular flexibility index (Phi) is 3.94. The van der Waals surface area contributed by atoms with Crippen molar-refractivity contribution in [3.05, 3.63) is 68.7 Å². The molecule has 0 N–H and O–H groups in total. The van der Waals surface area contributed by atoms with Crippen LogP contribution < -0.4 is 4.74 Å². The topological polar surface area (TPSA) is 52.4 Å². The van der Waals surface area contributed by atoms with Crippen molar-refractivity contribution in [2.75, 3.05) is 0 Å². The summed E-state index contributed by atoms with van der Waals surface area (Å²) < 4.78 is 6.47. The Morgan fingerprint density at radius 3 is 2.44 bits per heavy atom. The van der Waals surface area contributed by atoms with Crippen LogP contribution in [-0.4, -0.2) is 4.92 Å². The summed E-state index contributed by atoms with van der Waals surface area (Å²) in [6, 6.07) is 13.9. The first kappa shape index (κ1) is 12.6. The maximum Gasteiger partial charge on any atom is 0.276 e. The number of nitro groups is 1. The Bertz CT molecular complexity index is 554. The number of rotatable bonds is 4. The highest BCUT2D eigenvalue weighted by Gasteiger charge is 2.12. The minimum atomic E-state index is -0.403. The number of hydrogen-bond donors (Lipinski definition) is 0. The van der Waals surface area contributed by atoms with Gasteiger partial charge in [0.25, 0.3) is 5.69 Å². The Morgan fingerprint density at radius 1 is 1.11 bits per heavy atom. The Hall–Kier alpha value is -1.88. The Morgan fingerprint density at radius 2 is 1.78 bits per heavy atom. The van der Waals surface area contributed by atoms with Crippen molar-refractivity contribution < 1.29 is 9.66 Å². The van der Waals surface area contributed by atoms with Gasteiger partial charge in [0, 0.05) is 10.5 Å². The van der Waals surface area contributed by atoms with Gasteiger partial charge in [0.1, 0.15) is 12.4 Å². The fourth-order valence-corrected chi connectivity index (χ4v) is 1.77. The van der Waals surface area contributed by atoms with E-state index in [0.29, 0.717) is 11.3 Å². The third kappa shape index (κ3) is 3.07. The molecule has 0 atom stereocenters. The first-order valence-corrected chi connectivity index (χ1v) is 6.07. The predicted molar refractivity (Wildman–Crippen MR) is 71.6 cm³/mol. The SMILES string of the molecule is O=[N+]([O-])c1ccccc1COc1ccc(Br)cc1. The lowest BCUT2D eigenvalue weighted by Crippen LogP contribution is -2.00. The highest BCUT2D eigenvalue weighted by Crippen LogP contribution is 2.21. The molecular weight excluding hydrogens is 298 g/mol. The zero-order valence-electron chi connectivity index (χ0n) is 9.38. The lowest BCUT2D eigenvalue weighted by atomic mass is 10.2. The summed E-state index contributed by atoms with van der Waals surface area (Å²) in [7, 11) is 0. The molecule has 0 saturated heterocycles. The number of nitrogens with zero attached hydrogens (tertiary/aromatic N) is 1. The molecule has 0 aliphatic carbocycles. The van der Waals surface area contributed by atoms with Crippen molar-refractivity contribution in [1.82, 2.24) is 0 Å². The van der Waals surface area contributed by atoms with Gasteiger partial charge in [0.15, 0.2) is 0 Å². The fraction of sp³-hybridized carbons (Fsp3) is 0.0769. The fourth-order valence-electron chi connectivity index (χ4n) is 1.50. The van der Waals surface area contributed by atoms with Crippen LogP contribution in [0.5, 0.6) is 5.75 Å². The summed E-state index contributed by atoms with van der Waals surface area (Å²) in [6.45, 7) is 0.179. The molecule has 2 aromatic rings. The molecule has 2 aromatic carbocycles. The van der Waals surface area contributed by atoms with E-state index in [1.807, 2.05) is 12.1 Å². The van der Waals surface area contributed by atoms with Gasteiger partial charge in [-0.15, -0.1) is 0 Å². The van der Waals surface area contributed by atoms with Crippen LogP contribution in [-0.2, 0) is 6.61 Å². The Balaban J connectivity index is 2.10. The molecule has 2 rings (SSSR count). The van der Waals surface area contributed by atoms with Gasteiger partial charge in [-0.1, -0.05) is 28.1 Å². The molecule has 0 heterocycles. The van der Waals surface area contributed by atoms with Gasteiger partial charge >= 0.3 is 0 Å². The van der Waals surface area contributed by atoms with Crippen LogP contribution in [0.1, 0.15) is 5.56 Å². The summed E-state index contributed by atoms with van der Waals surface area (Å²) >= 11 is 3.33. The van der Waals surface area contributed by atoms with E-state index in [0.717, 1.165) is 4.47 Å². The number of nitro benzene ring substituents is 1. The van der Waals surface area contributed by atoms with Crippen LogP contribution in [0.3, 0.4) is 0 Å². The monoisotopic (exact) mass is 307 g/mol. The van der Waals surface area contributed by atoms with Crippen molar-refractivity contribution in [1.29, 1.82) is 0 Å². The number of benzene rings is 2. The highest BCUT2D eigenvalue weighted by molar-refractivity contribution is 9.10. The van der Waals surface area contributed by atoms with Gasteiger partial charge in [0.2, 0.25) is 0 Å². The van der Waals surface area contributed by atoms with E-state index in [-0.39, 0.29) is 12.3 Å². The molecule has 18 heavy (non-hydrogen) atoms. The van der Waals surface area contributed by atoms with E-state index in [9.17, 15) is 10.1 Å². The average Bonchev–Trinajstić information content (AvgIpc) is 2.38. The molecule has 0 amide bonds. The van der Waals surface area contributed by atoms with Crippen LogP contribution in [0.4, 0.5) is 5.69 Å². The summed E-state index contributed by atoms with van der Waals surface area (Å²) in [6.07, 6.45) is 0. The van der Waals surface area contributed by atoms with Crippen LogP contribution >= 0.6 is 15.9 Å². The molecule has 0 unspecified atom stereocenters. The van der Waals surface area contributed by atoms with Gasteiger partial charge in [-0.2, -0.15) is 0 Å². The smallest absolute Gasteiger partial charge is 0.276 e. The highest BCUT2D eigenvalue weighted by atomic mass is 79.9. The number of para-hydroxylation sites is 1. The molecule has 0 radical (unpaired) electrons. The number of ether oxygens (including phenoxy) is 1. The molecule has 0 aromatic heterocycles. The summed E-state index contributed by atoms with van der Waals surface area (Å²) in [5.41, 5.74) is 0.639. The van der Waals surface area contributed by atoms with Crippen molar-refractivity contribution >= 4 is 21.6 Å². The molecule has 4 nitrogen and oxygen atoms in total. The molecule has 0 spiro atoms. The van der Waals surface area contributed by atoms with E-state index in [1.165, 1.54) is 6.07 Å². The minimum absolute atomic E-state index is 0.0783. The van der Waals surface area contributed by atoms with Gasteiger partial charge in [-0.05, 0) is 30.3 Å². The zero-order valence-corrected chi connectivity index (χ0v) is 11.0. The standard InChI is InChI=1S/C13H10BrNO3/c14-11-5-7-12(8-6-11)18-9-10-3-1-2-4-13(10)15(16)17/h1-8H,9H2. The van der Waals surface area contributed by atoms with E-state index in [4.69, 9.17) is 4.74 Å². The number of halogens is 1. The van der Waals surface area contributed by atoms with Crippen LogP contribution in [0.2, 0.25) is 0 Å². The molecule has 0 aliphatic heterocycles. The molecule has 0 aliphatic rings. The third-order valence-electron chi connectivity index (χ3n) is 2.40. The van der Waals surface area contributed by atoms with E-state index in [2.05, 4.69) is 15.9 Å². The number of hydrogen-bond acceptors (Lipinski definition) is 3. The third-order valence-corrected chi connectivity index (χ3v) is 2.92. The quantitative estimate of drug-likeness (QED) is 0.635. The van der Waals surface area contributed by atoms with Crippen LogP contribution in [0.15, 0.2) is 53.0 Å². The largest absolute Gasteiger partial charge is 0.489 e. The lowest BCUT2D eigenvalue weighted by molar-refractivity contribution is -0.385. The minimum Gasteiger partial charge on any atom is -0.489 e. The summed E-state index contributed by atoms with van der Waals surface area (Å²) in [5.74, 6) is 0.677. The van der Waals surface area contributed by atoms with Crippen molar-refractivity contribution in [3.63, 3.8) is 0 Å². The second kappa shape index (κ2) is 5.64. The first-order valence-electron chi connectivity index (χ1n) is 5.27. The van der Waals surface area contributed by atoms with Crippen LogP contribution in [0, 0.1) is 10.1 Å². The van der Waals surface area contributed by atoms with Gasteiger partial charge in [0.05, 0.1) is 10.5 Å². The first-order chi connectivity index (χ1) is 8.66. The normalized spacial score (nSPS) is 10.1. The molecule has 0 fully saturated rings. The van der Waals surface area contributed by atoms with E-state index >= 15 is 0 Å². The zero-order chi connectivity index (χ0) is 13.0. The van der Waals surface area contributed by atoms with Crippen molar-refractivity contribution in [3.8, 4) is 5.75 Å². The van der Waals surface area contributed by atoms with Gasteiger partial charge < -0.3 is 4.74 Å².